The first kappa shape index (κ1) is 12.6. The Labute approximate surface area is 108 Å². The van der Waals surface area contributed by atoms with E-state index in [0.717, 1.165) is 18.8 Å². The summed E-state index contributed by atoms with van der Waals surface area (Å²) in [5, 5.41) is 0. The summed E-state index contributed by atoms with van der Waals surface area (Å²) in [7, 11) is 2.11. The highest BCUT2D eigenvalue weighted by Crippen LogP contribution is 2.17. The number of hydrogen-bond donors (Lipinski definition) is 1. The molecule has 0 bridgehead atoms. The number of rotatable bonds is 4. The second kappa shape index (κ2) is 5.65. The molecule has 2 N–H and O–H groups in total. The minimum Gasteiger partial charge on any atom is -0.399 e. The molecule has 3 nitrogen and oxygen atoms in total. The van der Waals surface area contributed by atoms with E-state index in [1.807, 2.05) is 24.4 Å². The summed E-state index contributed by atoms with van der Waals surface area (Å²) >= 11 is 0. The number of nitrogens with two attached hydrogens (primary N) is 1. The average molecular weight is 241 g/mol. The van der Waals surface area contributed by atoms with Gasteiger partial charge in [0.25, 0.3) is 0 Å². The van der Waals surface area contributed by atoms with Crippen molar-refractivity contribution in [1.29, 1.82) is 0 Å². The van der Waals surface area contributed by atoms with Crippen molar-refractivity contribution in [2.45, 2.75) is 20.0 Å². The van der Waals surface area contributed by atoms with Crippen LogP contribution in [-0.2, 0) is 13.1 Å². The Morgan fingerprint density at radius 1 is 1.17 bits per heavy atom. The maximum absolute atomic E-state index is 5.92. The first-order chi connectivity index (χ1) is 8.66. The Hall–Kier alpha value is -1.87. The lowest BCUT2D eigenvalue weighted by Crippen LogP contribution is -2.18. The Morgan fingerprint density at radius 3 is 2.72 bits per heavy atom. The summed E-state index contributed by atoms with van der Waals surface area (Å²) in [4.78, 5) is 6.39. The zero-order valence-corrected chi connectivity index (χ0v) is 10.9. The topological polar surface area (TPSA) is 42.1 Å². The van der Waals surface area contributed by atoms with Gasteiger partial charge in [-0.15, -0.1) is 0 Å². The number of pyridine rings is 1. The lowest BCUT2D eigenvalue weighted by atomic mass is 10.1. The molecule has 0 unspecified atom stereocenters. The second-order valence-corrected chi connectivity index (χ2v) is 4.66. The molecular weight excluding hydrogens is 222 g/mol. The van der Waals surface area contributed by atoms with Gasteiger partial charge in [0.05, 0.1) is 0 Å². The number of nitrogens with zero attached hydrogens (tertiary/aromatic N) is 2. The number of nitrogen functional groups attached to an aromatic ring is 1. The Kier molecular flexibility index (Phi) is 3.95. The van der Waals surface area contributed by atoms with Crippen LogP contribution < -0.4 is 5.73 Å². The maximum atomic E-state index is 5.92. The average Bonchev–Trinajstić information content (AvgIpc) is 2.36. The van der Waals surface area contributed by atoms with Crippen molar-refractivity contribution in [3.8, 4) is 0 Å². The number of anilines is 1. The third kappa shape index (κ3) is 3.08. The van der Waals surface area contributed by atoms with Gasteiger partial charge in [0.15, 0.2) is 0 Å². The van der Waals surface area contributed by atoms with Crippen molar-refractivity contribution in [3.63, 3.8) is 0 Å². The van der Waals surface area contributed by atoms with E-state index in [-0.39, 0.29) is 0 Å². The van der Waals surface area contributed by atoms with Gasteiger partial charge in [0.1, 0.15) is 0 Å². The standard InChI is InChI=1S/C15H19N3/c1-12-14(6-3-7-15(12)16)11-18(2)10-13-5-4-8-17-9-13/h3-9H,10-11,16H2,1-2H3. The highest BCUT2D eigenvalue weighted by Gasteiger charge is 2.05. The van der Waals surface area contributed by atoms with E-state index in [1.54, 1.807) is 6.20 Å². The maximum Gasteiger partial charge on any atom is 0.0346 e. The number of benzene rings is 1. The van der Waals surface area contributed by atoms with Gasteiger partial charge < -0.3 is 5.73 Å². The molecule has 0 aliphatic heterocycles. The molecule has 0 radical (unpaired) electrons. The SMILES string of the molecule is Cc1c(N)cccc1CN(C)Cc1cccnc1. The summed E-state index contributed by atoms with van der Waals surface area (Å²) in [5.41, 5.74) is 10.5. The predicted molar refractivity (Wildman–Crippen MR) is 75.0 cm³/mol. The summed E-state index contributed by atoms with van der Waals surface area (Å²) in [6, 6.07) is 10.1. The van der Waals surface area contributed by atoms with E-state index in [1.165, 1.54) is 16.7 Å². The fraction of sp³-hybridized carbons (Fsp3) is 0.267. The van der Waals surface area contributed by atoms with E-state index in [0.29, 0.717) is 0 Å². The van der Waals surface area contributed by atoms with Crippen molar-refractivity contribution in [2.75, 3.05) is 12.8 Å². The highest BCUT2D eigenvalue weighted by atomic mass is 15.1. The van der Waals surface area contributed by atoms with E-state index in [4.69, 9.17) is 5.73 Å². The lowest BCUT2D eigenvalue weighted by Gasteiger charge is -2.18. The summed E-state index contributed by atoms with van der Waals surface area (Å²) in [6.07, 6.45) is 3.70. The van der Waals surface area contributed by atoms with Crippen LogP contribution in [-0.4, -0.2) is 16.9 Å². The molecule has 0 fully saturated rings. The summed E-state index contributed by atoms with van der Waals surface area (Å²) < 4.78 is 0. The molecule has 1 aromatic heterocycles. The number of hydrogen-bond acceptors (Lipinski definition) is 3. The van der Waals surface area contributed by atoms with Gasteiger partial charge in [0.2, 0.25) is 0 Å². The number of aromatic nitrogens is 1. The Morgan fingerprint density at radius 2 is 2.00 bits per heavy atom. The molecule has 1 aromatic carbocycles. The Bertz CT molecular complexity index is 508. The molecule has 0 atom stereocenters. The molecule has 1 heterocycles. The molecule has 2 rings (SSSR count). The molecule has 0 saturated carbocycles. The van der Waals surface area contributed by atoms with Gasteiger partial charge in [0, 0.05) is 31.2 Å². The molecule has 0 aliphatic rings. The summed E-state index contributed by atoms with van der Waals surface area (Å²) in [6.45, 7) is 3.86. The van der Waals surface area contributed by atoms with Crippen LogP contribution in [0, 0.1) is 6.92 Å². The van der Waals surface area contributed by atoms with Crippen LogP contribution in [0.3, 0.4) is 0 Å². The quantitative estimate of drug-likeness (QED) is 0.837. The molecule has 0 aliphatic carbocycles. The van der Waals surface area contributed by atoms with Gasteiger partial charge in [-0.1, -0.05) is 18.2 Å². The molecule has 0 amide bonds. The van der Waals surface area contributed by atoms with E-state index in [2.05, 4.69) is 36.0 Å². The minimum absolute atomic E-state index is 0.863. The molecule has 0 spiro atoms. The third-order valence-corrected chi connectivity index (χ3v) is 3.10. The van der Waals surface area contributed by atoms with E-state index < -0.39 is 0 Å². The monoisotopic (exact) mass is 241 g/mol. The van der Waals surface area contributed by atoms with E-state index in [9.17, 15) is 0 Å². The normalized spacial score (nSPS) is 10.8. The Balaban J connectivity index is 2.03. The molecule has 3 heteroatoms. The van der Waals surface area contributed by atoms with Crippen molar-refractivity contribution in [1.82, 2.24) is 9.88 Å². The lowest BCUT2D eigenvalue weighted by molar-refractivity contribution is 0.318. The van der Waals surface area contributed by atoms with Crippen molar-refractivity contribution in [3.05, 3.63) is 59.4 Å². The van der Waals surface area contributed by atoms with Crippen LogP contribution in [0.15, 0.2) is 42.7 Å². The van der Waals surface area contributed by atoms with Gasteiger partial charge in [-0.25, -0.2) is 0 Å². The van der Waals surface area contributed by atoms with Crippen molar-refractivity contribution < 1.29 is 0 Å². The van der Waals surface area contributed by atoms with Crippen LogP contribution in [0.2, 0.25) is 0 Å². The largest absolute Gasteiger partial charge is 0.399 e. The van der Waals surface area contributed by atoms with Gasteiger partial charge >= 0.3 is 0 Å². The smallest absolute Gasteiger partial charge is 0.0346 e. The first-order valence-corrected chi connectivity index (χ1v) is 6.08. The molecular formula is C15H19N3. The van der Waals surface area contributed by atoms with Crippen LogP contribution in [0.4, 0.5) is 5.69 Å². The van der Waals surface area contributed by atoms with Crippen LogP contribution in [0.25, 0.3) is 0 Å². The summed E-state index contributed by atoms with van der Waals surface area (Å²) in [5.74, 6) is 0. The molecule has 0 saturated heterocycles. The van der Waals surface area contributed by atoms with Crippen LogP contribution in [0.5, 0.6) is 0 Å². The molecule has 2 aromatic rings. The first-order valence-electron chi connectivity index (χ1n) is 6.08. The van der Waals surface area contributed by atoms with Crippen molar-refractivity contribution in [2.24, 2.45) is 0 Å². The third-order valence-electron chi connectivity index (χ3n) is 3.10. The molecule has 18 heavy (non-hydrogen) atoms. The zero-order chi connectivity index (χ0) is 13.0. The zero-order valence-electron chi connectivity index (χ0n) is 10.9. The van der Waals surface area contributed by atoms with Crippen LogP contribution in [0.1, 0.15) is 16.7 Å². The highest BCUT2D eigenvalue weighted by molar-refractivity contribution is 5.49. The fourth-order valence-electron chi connectivity index (χ4n) is 2.02. The second-order valence-electron chi connectivity index (χ2n) is 4.66. The minimum atomic E-state index is 0.863. The molecule has 94 valence electrons. The van der Waals surface area contributed by atoms with Crippen molar-refractivity contribution >= 4 is 5.69 Å². The van der Waals surface area contributed by atoms with Gasteiger partial charge in [-0.05, 0) is 42.8 Å². The predicted octanol–water partition coefficient (Wildman–Crippen LogP) is 2.60. The van der Waals surface area contributed by atoms with Gasteiger partial charge in [-0.2, -0.15) is 0 Å². The fourth-order valence-corrected chi connectivity index (χ4v) is 2.02. The van der Waals surface area contributed by atoms with E-state index >= 15 is 0 Å². The van der Waals surface area contributed by atoms with Gasteiger partial charge in [-0.3, -0.25) is 9.88 Å². The van der Waals surface area contributed by atoms with Crippen LogP contribution >= 0.6 is 0 Å².